The molecule has 2 N–H and O–H groups in total. The van der Waals surface area contributed by atoms with Crippen LogP contribution in [0.5, 0.6) is 0 Å². The molecular weight excluding hydrogens is 138 g/mol. The summed E-state index contributed by atoms with van der Waals surface area (Å²) in [6.45, 7) is 3.45. The standard InChI is InChI=1S/C8H13N3/c1-8-10-5-7-11(8)6-3-2-4-9/h2-3,5,7H,4,6,9H2,1H3. The van der Waals surface area contributed by atoms with E-state index >= 15 is 0 Å². The maximum Gasteiger partial charge on any atom is 0.105 e. The molecule has 0 radical (unpaired) electrons. The smallest absolute Gasteiger partial charge is 0.105 e. The van der Waals surface area contributed by atoms with Gasteiger partial charge in [0.15, 0.2) is 0 Å². The SMILES string of the molecule is Cc1nccn1CC=CCN. The molecule has 3 heteroatoms. The van der Waals surface area contributed by atoms with E-state index in [1.807, 2.05) is 25.3 Å². The van der Waals surface area contributed by atoms with E-state index in [1.165, 1.54) is 0 Å². The molecule has 0 unspecified atom stereocenters. The summed E-state index contributed by atoms with van der Waals surface area (Å²) >= 11 is 0. The molecule has 0 aliphatic heterocycles. The van der Waals surface area contributed by atoms with Crippen LogP contribution < -0.4 is 5.73 Å². The van der Waals surface area contributed by atoms with Gasteiger partial charge in [0.1, 0.15) is 5.82 Å². The molecule has 0 saturated heterocycles. The van der Waals surface area contributed by atoms with Crippen molar-refractivity contribution in [1.29, 1.82) is 0 Å². The third-order valence-corrected chi connectivity index (χ3v) is 1.53. The monoisotopic (exact) mass is 151 g/mol. The van der Waals surface area contributed by atoms with E-state index in [0.29, 0.717) is 6.54 Å². The maximum atomic E-state index is 5.29. The van der Waals surface area contributed by atoms with Crippen LogP contribution in [0, 0.1) is 6.92 Å². The zero-order valence-electron chi connectivity index (χ0n) is 6.70. The van der Waals surface area contributed by atoms with Gasteiger partial charge >= 0.3 is 0 Å². The quantitative estimate of drug-likeness (QED) is 0.646. The van der Waals surface area contributed by atoms with Gasteiger partial charge in [0.2, 0.25) is 0 Å². The van der Waals surface area contributed by atoms with Gasteiger partial charge in [0.25, 0.3) is 0 Å². The van der Waals surface area contributed by atoms with Crippen molar-refractivity contribution in [3.05, 3.63) is 30.4 Å². The number of allylic oxidation sites excluding steroid dienone is 1. The van der Waals surface area contributed by atoms with Crippen LogP contribution in [0.25, 0.3) is 0 Å². The minimum Gasteiger partial charge on any atom is -0.331 e. The Balaban J connectivity index is 2.50. The molecule has 1 aromatic rings. The van der Waals surface area contributed by atoms with Crippen LogP contribution in [0.2, 0.25) is 0 Å². The number of aryl methyl sites for hydroxylation is 1. The van der Waals surface area contributed by atoms with Gasteiger partial charge in [0.05, 0.1) is 0 Å². The molecule has 0 fully saturated rings. The molecular formula is C8H13N3. The summed E-state index contributed by atoms with van der Waals surface area (Å²) in [5.74, 6) is 1.03. The molecule has 0 bridgehead atoms. The van der Waals surface area contributed by atoms with Gasteiger partial charge < -0.3 is 10.3 Å². The predicted octanol–water partition coefficient (Wildman–Crippen LogP) is 0.706. The van der Waals surface area contributed by atoms with Gasteiger partial charge in [-0.05, 0) is 6.92 Å². The van der Waals surface area contributed by atoms with Crippen molar-refractivity contribution in [2.24, 2.45) is 5.73 Å². The van der Waals surface area contributed by atoms with Crippen LogP contribution in [0.1, 0.15) is 5.82 Å². The third kappa shape index (κ3) is 2.20. The van der Waals surface area contributed by atoms with Crippen molar-refractivity contribution in [3.8, 4) is 0 Å². The first-order chi connectivity index (χ1) is 5.34. The highest BCUT2D eigenvalue weighted by atomic mass is 15.0. The van der Waals surface area contributed by atoms with Gasteiger partial charge in [-0.1, -0.05) is 12.2 Å². The Morgan fingerprint density at radius 3 is 3.00 bits per heavy atom. The van der Waals surface area contributed by atoms with Crippen LogP contribution in [0.3, 0.4) is 0 Å². The van der Waals surface area contributed by atoms with Crippen molar-refractivity contribution in [2.45, 2.75) is 13.5 Å². The average Bonchev–Trinajstić information content (AvgIpc) is 2.37. The van der Waals surface area contributed by atoms with Gasteiger partial charge in [-0.25, -0.2) is 4.98 Å². The van der Waals surface area contributed by atoms with E-state index in [9.17, 15) is 0 Å². The lowest BCUT2D eigenvalue weighted by molar-refractivity contribution is 0.779. The van der Waals surface area contributed by atoms with Gasteiger partial charge in [-0.3, -0.25) is 0 Å². The zero-order chi connectivity index (χ0) is 8.10. The molecule has 60 valence electrons. The minimum absolute atomic E-state index is 0.605. The van der Waals surface area contributed by atoms with Crippen LogP contribution >= 0.6 is 0 Å². The van der Waals surface area contributed by atoms with Crippen molar-refractivity contribution in [1.82, 2.24) is 9.55 Å². The Labute approximate surface area is 66.5 Å². The predicted molar refractivity (Wildman–Crippen MR) is 45.2 cm³/mol. The Kier molecular flexibility index (Phi) is 2.86. The molecule has 11 heavy (non-hydrogen) atoms. The van der Waals surface area contributed by atoms with E-state index in [0.717, 1.165) is 12.4 Å². The van der Waals surface area contributed by atoms with E-state index in [-0.39, 0.29) is 0 Å². The second-order valence-corrected chi connectivity index (χ2v) is 2.33. The van der Waals surface area contributed by atoms with E-state index in [4.69, 9.17) is 5.73 Å². The lowest BCUT2D eigenvalue weighted by atomic mass is 10.5. The summed E-state index contributed by atoms with van der Waals surface area (Å²) in [6, 6.07) is 0. The van der Waals surface area contributed by atoms with Crippen molar-refractivity contribution in [3.63, 3.8) is 0 Å². The van der Waals surface area contributed by atoms with Gasteiger partial charge in [-0.2, -0.15) is 0 Å². The average molecular weight is 151 g/mol. The molecule has 0 aliphatic carbocycles. The second kappa shape index (κ2) is 3.93. The third-order valence-electron chi connectivity index (χ3n) is 1.53. The normalized spacial score (nSPS) is 11.1. The van der Waals surface area contributed by atoms with Crippen molar-refractivity contribution >= 4 is 0 Å². The molecule has 1 aromatic heterocycles. The van der Waals surface area contributed by atoms with Crippen molar-refractivity contribution in [2.75, 3.05) is 6.54 Å². The number of nitrogens with two attached hydrogens (primary N) is 1. The Morgan fingerprint density at radius 1 is 1.64 bits per heavy atom. The molecule has 0 amide bonds. The highest BCUT2D eigenvalue weighted by Gasteiger charge is 1.90. The molecule has 1 heterocycles. The molecule has 3 nitrogen and oxygen atoms in total. The molecule has 0 saturated carbocycles. The van der Waals surface area contributed by atoms with Crippen molar-refractivity contribution < 1.29 is 0 Å². The summed E-state index contributed by atoms with van der Waals surface area (Å²) in [7, 11) is 0. The molecule has 1 rings (SSSR count). The zero-order valence-corrected chi connectivity index (χ0v) is 6.70. The summed E-state index contributed by atoms with van der Waals surface area (Å²) in [5, 5.41) is 0. The first kappa shape index (κ1) is 8.01. The summed E-state index contributed by atoms with van der Waals surface area (Å²) in [6.07, 6.45) is 7.73. The topological polar surface area (TPSA) is 43.8 Å². The van der Waals surface area contributed by atoms with E-state index in [2.05, 4.69) is 9.55 Å². The maximum absolute atomic E-state index is 5.29. The van der Waals surface area contributed by atoms with Gasteiger partial charge in [0, 0.05) is 25.5 Å². The number of rotatable bonds is 3. The summed E-state index contributed by atoms with van der Waals surface area (Å²) in [4.78, 5) is 4.09. The number of hydrogen-bond acceptors (Lipinski definition) is 2. The molecule has 0 aliphatic rings. The molecule has 0 spiro atoms. The van der Waals surface area contributed by atoms with Crippen LogP contribution in [-0.2, 0) is 6.54 Å². The van der Waals surface area contributed by atoms with Crippen LogP contribution in [-0.4, -0.2) is 16.1 Å². The largest absolute Gasteiger partial charge is 0.331 e. The van der Waals surface area contributed by atoms with E-state index in [1.54, 1.807) is 6.20 Å². The number of imidazole rings is 1. The highest BCUT2D eigenvalue weighted by molar-refractivity contribution is 4.93. The lowest BCUT2D eigenvalue weighted by Gasteiger charge is -1.97. The Morgan fingerprint density at radius 2 is 2.45 bits per heavy atom. The lowest BCUT2D eigenvalue weighted by Crippen LogP contribution is -1.98. The van der Waals surface area contributed by atoms with Crippen LogP contribution in [0.15, 0.2) is 24.5 Å². The fourth-order valence-electron chi connectivity index (χ4n) is 0.881. The van der Waals surface area contributed by atoms with E-state index < -0.39 is 0 Å². The number of nitrogens with zero attached hydrogens (tertiary/aromatic N) is 2. The summed E-state index contributed by atoms with van der Waals surface area (Å²) < 4.78 is 2.06. The fourth-order valence-corrected chi connectivity index (χ4v) is 0.881. The summed E-state index contributed by atoms with van der Waals surface area (Å²) in [5.41, 5.74) is 5.29. The highest BCUT2D eigenvalue weighted by Crippen LogP contribution is 1.94. The molecule has 0 atom stereocenters. The molecule has 0 aromatic carbocycles. The minimum atomic E-state index is 0.605. The van der Waals surface area contributed by atoms with Gasteiger partial charge in [-0.15, -0.1) is 0 Å². The Bertz CT molecular complexity index is 237. The number of hydrogen-bond donors (Lipinski definition) is 1. The first-order valence-electron chi connectivity index (χ1n) is 3.67. The number of aromatic nitrogens is 2. The second-order valence-electron chi connectivity index (χ2n) is 2.33. The fraction of sp³-hybridized carbons (Fsp3) is 0.375. The first-order valence-corrected chi connectivity index (χ1v) is 3.67. The Hall–Kier alpha value is -1.09. The van der Waals surface area contributed by atoms with Crippen LogP contribution in [0.4, 0.5) is 0 Å².